The van der Waals surface area contributed by atoms with Crippen LogP contribution in [0.25, 0.3) is 5.57 Å². The second kappa shape index (κ2) is 11.6. The summed E-state index contributed by atoms with van der Waals surface area (Å²) in [6.45, 7) is 16.0. The molecule has 1 atom stereocenters. The minimum absolute atomic E-state index is 0.112. The normalized spacial score (nSPS) is 18.6. The number of benzene rings is 2. The number of piperazine rings is 1. The van der Waals surface area contributed by atoms with Crippen molar-refractivity contribution in [2.45, 2.75) is 33.7 Å². The molecule has 3 aliphatic rings. The zero-order chi connectivity index (χ0) is 26.6. The second-order valence-corrected chi connectivity index (χ2v) is 10.0. The van der Waals surface area contributed by atoms with Crippen LogP contribution in [0.2, 0.25) is 0 Å². The number of nitrogens with two attached hydrogens (primary N) is 1. The van der Waals surface area contributed by atoms with Gasteiger partial charge in [0, 0.05) is 47.1 Å². The van der Waals surface area contributed by atoms with Crippen molar-refractivity contribution >= 4 is 17.2 Å². The average Bonchev–Trinajstić information content (AvgIpc) is 2.97. The molecular weight excluding hydrogens is 472 g/mol. The lowest BCUT2D eigenvalue weighted by Gasteiger charge is -2.33. The number of hydrogen-bond donors (Lipinski definition) is 1. The number of hydrogen-bond acceptors (Lipinski definition) is 4. The van der Waals surface area contributed by atoms with Crippen LogP contribution < -0.4 is 15.0 Å². The molecule has 0 radical (unpaired) electrons. The molecule has 6 heteroatoms. The van der Waals surface area contributed by atoms with Gasteiger partial charge in [0.1, 0.15) is 11.5 Å². The molecule has 200 valence electrons. The van der Waals surface area contributed by atoms with Gasteiger partial charge < -0.3 is 19.9 Å². The molecule has 2 heterocycles. The van der Waals surface area contributed by atoms with Crippen molar-refractivity contribution in [2.75, 3.05) is 57.3 Å². The first-order valence-electron chi connectivity index (χ1n) is 14.3. The largest absolute Gasteiger partial charge is 0.456 e. The predicted molar refractivity (Wildman–Crippen MR) is 155 cm³/mol. The number of quaternary nitrogens is 1. The van der Waals surface area contributed by atoms with Gasteiger partial charge in [-0.05, 0) is 56.8 Å². The highest BCUT2D eigenvalue weighted by Crippen LogP contribution is 2.45. The Kier molecular flexibility index (Phi) is 8.01. The number of fused-ring (bicyclic) bond motifs is 2. The standard InChI is InChI=1S/C32H40N4O2/c1-5-34(6-2)23-13-15-27-29(21-23)38-30-22-24(35(7-3)8-4)14-16-28(30)31(27)25-11-9-10-12-26(25)32(37)36-19-17-33-18-20-36/h9-16,21-23,33H,5-8,17-20H2,1-4H3/p+1. The first-order valence-corrected chi connectivity index (χ1v) is 14.3. The van der Waals surface area contributed by atoms with E-state index < -0.39 is 0 Å². The third kappa shape index (κ3) is 4.91. The quantitative estimate of drug-likeness (QED) is 0.582. The smallest absolute Gasteiger partial charge is 0.254 e. The molecule has 2 aliphatic heterocycles. The van der Waals surface area contributed by atoms with E-state index in [1.165, 1.54) is 0 Å². The fourth-order valence-corrected chi connectivity index (χ4v) is 5.90. The molecule has 0 aromatic heterocycles. The van der Waals surface area contributed by atoms with Crippen molar-refractivity contribution in [3.63, 3.8) is 0 Å². The van der Waals surface area contributed by atoms with Crippen LogP contribution in [0.15, 0.2) is 72.0 Å². The van der Waals surface area contributed by atoms with Crippen LogP contribution in [-0.2, 0) is 0 Å². The summed E-state index contributed by atoms with van der Waals surface area (Å²) in [6, 6.07) is 14.8. The van der Waals surface area contributed by atoms with E-state index >= 15 is 0 Å². The fraction of sp³-hybridized carbons (Fsp3) is 0.406. The third-order valence-corrected chi connectivity index (χ3v) is 8.05. The lowest BCUT2D eigenvalue weighted by Crippen LogP contribution is -2.89. The van der Waals surface area contributed by atoms with E-state index in [-0.39, 0.29) is 11.9 Å². The molecule has 2 N–H and O–H groups in total. The van der Waals surface area contributed by atoms with Gasteiger partial charge in [-0.1, -0.05) is 44.2 Å². The van der Waals surface area contributed by atoms with E-state index in [4.69, 9.17) is 4.74 Å². The lowest BCUT2D eigenvalue weighted by atomic mass is 9.84. The van der Waals surface area contributed by atoms with Gasteiger partial charge >= 0.3 is 0 Å². The predicted octanol–water partition coefficient (Wildman–Crippen LogP) is 3.91. The molecule has 6 nitrogen and oxygen atoms in total. The maximum atomic E-state index is 13.8. The maximum Gasteiger partial charge on any atom is 0.254 e. The Morgan fingerprint density at radius 3 is 2.42 bits per heavy atom. The Morgan fingerprint density at radius 2 is 1.71 bits per heavy atom. The van der Waals surface area contributed by atoms with Crippen LogP contribution in [0.5, 0.6) is 5.75 Å². The molecule has 0 bridgehead atoms. The maximum absolute atomic E-state index is 13.8. The SMILES string of the molecule is CCN(CC)c1ccc2c(c1)OC1=CC(N(CC)CC)C=CC1=C2c1ccccc1C(=O)N1CC[NH2+]CC1. The van der Waals surface area contributed by atoms with Crippen LogP contribution in [0.4, 0.5) is 5.69 Å². The van der Waals surface area contributed by atoms with Gasteiger partial charge in [-0.15, -0.1) is 0 Å². The second-order valence-electron chi connectivity index (χ2n) is 10.0. The molecule has 1 fully saturated rings. The minimum atomic E-state index is 0.112. The van der Waals surface area contributed by atoms with Crippen molar-refractivity contribution < 1.29 is 14.8 Å². The van der Waals surface area contributed by atoms with E-state index in [2.05, 4.69) is 85.3 Å². The van der Waals surface area contributed by atoms with Crippen molar-refractivity contribution in [1.29, 1.82) is 0 Å². The molecule has 0 spiro atoms. The third-order valence-electron chi connectivity index (χ3n) is 8.05. The number of rotatable bonds is 8. The first kappa shape index (κ1) is 26.3. The Morgan fingerprint density at radius 1 is 0.974 bits per heavy atom. The molecule has 38 heavy (non-hydrogen) atoms. The highest BCUT2D eigenvalue weighted by molar-refractivity contribution is 6.03. The summed E-state index contributed by atoms with van der Waals surface area (Å²) in [5, 5.41) is 2.28. The fourth-order valence-electron chi connectivity index (χ4n) is 5.90. The minimum Gasteiger partial charge on any atom is -0.456 e. The van der Waals surface area contributed by atoms with Crippen LogP contribution >= 0.6 is 0 Å². The Balaban J connectivity index is 1.67. The number of likely N-dealkylation sites (N-methyl/N-ethyl adjacent to an activating group) is 1. The molecule has 1 saturated heterocycles. The van der Waals surface area contributed by atoms with Crippen LogP contribution in [0, 0.1) is 0 Å². The molecule has 5 rings (SSSR count). The number of anilines is 1. The molecule has 0 saturated carbocycles. The van der Waals surface area contributed by atoms with Gasteiger partial charge in [0.05, 0.1) is 32.2 Å². The van der Waals surface area contributed by atoms with Gasteiger partial charge in [0.25, 0.3) is 5.91 Å². The number of allylic oxidation sites excluding steroid dienone is 1. The molecule has 2 aromatic rings. The topological polar surface area (TPSA) is 52.6 Å². The Hall–Kier alpha value is -3.35. The number of ether oxygens (including phenoxy) is 1. The number of carbonyl (C=O) groups excluding carboxylic acids is 1. The highest BCUT2D eigenvalue weighted by atomic mass is 16.5. The van der Waals surface area contributed by atoms with Crippen molar-refractivity contribution in [3.05, 3.63) is 88.7 Å². The zero-order valence-corrected chi connectivity index (χ0v) is 23.2. The van der Waals surface area contributed by atoms with E-state index in [0.29, 0.717) is 0 Å². The van der Waals surface area contributed by atoms with E-state index in [0.717, 1.165) is 97.4 Å². The molecule has 1 amide bonds. The number of amides is 1. The lowest BCUT2D eigenvalue weighted by molar-refractivity contribution is -0.661. The Bertz CT molecular complexity index is 1260. The Labute approximate surface area is 227 Å². The summed E-state index contributed by atoms with van der Waals surface area (Å²) in [4.78, 5) is 20.5. The van der Waals surface area contributed by atoms with Gasteiger partial charge in [-0.2, -0.15) is 0 Å². The first-order chi connectivity index (χ1) is 18.6. The van der Waals surface area contributed by atoms with Crippen molar-refractivity contribution in [3.8, 4) is 5.75 Å². The average molecular weight is 514 g/mol. The van der Waals surface area contributed by atoms with Crippen LogP contribution in [0.1, 0.15) is 49.2 Å². The molecule has 1 unspecified atom stereocenters. The number of carbonyl (C=O) groups is 1. The summed E-state index contributed by atoms with van der Waals surface area (Å²) in [6.07, 6.45) is 6.70. The monoisotopic (exact) mass is 513 g/mol. The van der Waals surface area contributed by atoms with E-state index in [9.17, 15) is 4.79 Å². The van der Waals surface area contributed by atoms with E-state index in [1.54, 1.807) is 0 Å². The summed E-state index contributed by atoms with van der Waals surface area (Å²) >= 11 is 0. The summed E-state index contributed by atoms with van der Waals surface area (Å²) < 4.78 is 6.65. The van der Waals surface area contributed by atoms with Crippen molar-refractivity contribution in [2.24, 2.45) is 0 Å². The molecule has 1 aliphatic carbocycles. The summed E-state index contributed by atoms with van der Waals surface area (Å²) in [5.41, 5.74) is 6.04. The molecular formula is C32H41N4O2+. The number of nitrogens with zero attached hydrogens (tertiary/aromatic N) is 3. The van der Waals surface area contributed by atoms with Crippen LogP contribution in [0.3, 0.4) is 0 Å². The summed E-state index contributed by atoms with van der Waals surface area (Å²) in [7, 11) is 0. The highest BCUT2D eigenvalue weighted by Gasteiger charge is 2.31. The van der Waals surface area contributed by atoms with Crippen molar-refractivity contribution in [1.82, 2.24) is 9.80 Å². The van der Waals surface area contributed by atoms with Gasteiger partial charge in [-0.25, -0.2) is 0 Å². The zero-order valence-electron chi connectivity index (χ0n) is 23.2. The summed E-state index contributed by atoms with van der Waals surface area (Å²) in [5.74, 6) is 1.84. The van der Waals surface area contributed by atoms with Crippen LogP contribution in [-0.4, -0.2) is 74.1 Å². The van der Waals surface area contributed by atoms with Gasteiger partial charge in [0.15, 0.2) is 0 Å². The van der Waals surface area contributed by atoms with Gasteiger partial charge in [-0.3, -0.25) is 9.69 Å². The van der Waals surface area contributed by atoms with Gasteiger partial charge in [0.2, 0.25) is 0 Å². The van der Waals surface area contributed by atoms with E-state index in [1.807, 2.05) is 23.1 Å². The molecule has 2 aromatic carbocycles.